The maximum atomic E-state index is 14.2. The second-order valence-electron chi connectivity index (χ2n) is 12.4. The molecule has 3 rings (SSSR count). The number of nitrogen functional groups attached to an aromatic ring is 1. The first-order valence-corrected chi connectivity index (χ1v) is 24.8. The van der Waals surface area contributed by atoms with Crippen LogP contribution in [-0.2, 0) is 24.6 Å². The number of fused-ring (bicyclic) bond motifs is 1. The zero-order valence-electron chi connectivity index (χ0n) is 29.2. The molecule has 0 aliphatic carbocycles. The van der Waals surface area contributed by atoms with E-state index in [0.29, 0.717) is 6.61 Å². The molecule has 1 saturated heterocycles. The smallest absolute Gasteiger partial charge is 0.333 e. The highest BCUT2D eigenvalue weighted by molar-refractivity contribution is 6.74. The number of aromatic nitrogens is 4. The van der Waals surface area contributed by atoms with Gasteiger partial charge >= 0.3 is 5.69 Å². The summed E-state index contributed by atoms with van der Waals surface area (Å²) in [7, 11) is -6.42. The molecule has 0 amide bonds. The van der Waals surface area contributed by atoms with Gasteiger partial charge in [0, 0.05) is 6.54 Å². The van der Waals surface area contributed by atoms with Gasteiger partial charge in [-0.05, 0) is 54.4 Å². The number of ether oxygens (including phenoxy) is 1. The Bertz CT molecular complexity index is 1360. The Morgan fingerprint density at radius 3 is 1.80 bits per heavy atom. The fourth-order valence-corrected chi connectivity index (χ4v) is 15.3. The summed E-state index contributed by atoms with van der Waals surface area (Å²) in [6, 6.07) is 8.68. The van der Waals surface area contributed by atoms with Gasteiger partial charge in [0.2, 0.25) is 5.95 Å². The number of rotatable bonds is 19. The summed E-state index contributed by atoms with van der Waals surface area (Å²) in [5.74, 6) is -0.0708. The predicted molar refractivity (Wildman–Crippen MR) is 190 cm³/mol. The van der Waals surface area contributed by atoms with E-state index in [4.69, 9.17) is 23.7 Å². The molecular weight excluding hydrogens is 623 g/mol. The average Bonchev–Trinajstić information content (AvgIpc) is 3.52. The summed E-state index contributed by atoms with van der Waals surface area (Å²) in [4.78, 5) is 34.5. The van der Waals surface area contributed by atoms with E-state index < -0.39 is 60.7 Å². The van der Waals surface area contributed by atoms with E-state index in [1.165, 1.54) is 9.13 Å². The van der Waals surface area contributed by atoms with E-state index in [1.54, 1.807) is 6.08 Å². The number of imidazole rings is 1. The van der Waals surface area contributed by atoms with Crippen LogP contribution in [0.25, 0.3) is 11.2 Å². The number of hydrogen-bond acceptors (Lipinski definition) is 8. The first kappa shape index (κ1) is 37.6. The Kier molecular flexibility index (Phi) is 13.3. The lowest BCUT2D eigenvalue weighted by atomic mass is 10.1. The van der Waals surface area contributed by atoms with E-state index in [9.17, 15) is 9.59 Å². The molecule has 1 aliphatic heterocycles. The molecule has 2 aromatic heterocycles. The number of allylic oxidation sites excluding steroid dienone is 1. The van der Waals surface area contributed by atoms with Crippen LogP contribution in [-0.4, -0.2) is 69.0 Å². The normalized spacial score (nSPS) is 21.2. The molecule has 256 valence electrons. The summed E-state index contributed by atoms with van der Waals surface area (Å²) in [6.07, 6.45) is -0.795. The molecule has 1 aliphatic rings. The second kappa shape index (κ2) is 15.8. The van der Waals surface area contributed by atoms with Crippen molar-refractivity contribution in [1.82, 2.24) is 19.1 Å². The highest BCUT2D eigenvalue weighted by Gasteiger charge is 2.54. The summed E-state index contributed by atoms with van der Waals surface area (Å²) >= 11 is 0. The van der Waals surface area contributed by atoms with Crippen LogP contribution in [0.4, 0.5) is 5.95 Å². The molecule has 0 saturated carbocycles. The van der Waals surface area contributed by atoms with Crippen molar-refractivity contribution in [2.24, 2.45) is 0 Å². The van der Waals surface area contributed by atoms with Crippen molar-refractivity contribution in [3.05, 3.63) is 33.5 Å². The second-order valence-corrected chi connectivity index (χ2v) is 26.7. The van der Waals surface area contributed by atoms with Gasteiger partial charge in [0.15, 0.2) is 42.3 Å². The van der Waals surface area contributed by atoms with Crippen molar-refractivity contribution < 1.29 is 18.0 Å². The van der Waals surface area contributed by atoms with E-state index in [0.717, 1.165) is 54.4 Å². The van der Waals surface area contributed by atoms with Gasteiger partial charge in [-0.2, -0.15) is 4.98 Å². The molecule has 11 nitrogen and oxygen atoms in total. The Balaban J connectivity index is 2.33. The molecule has 2 aromatic rings. The minimum atomic E-state index is -2.26. The number of aromatic amines is 1. The van der Waals surface area contributed by atoms with Gasteiger partial charge in [-0.15, -0.1) is 6.58 Å². The molecule has 0 aromatic carbocycles. The first-order valence-electron chi connectivity index (χ1n) is 17.2. The van der Waals surface area contributed by atoms with E-state index >= 15 is 0 Å². The van der Waals surface area contributed by atoms with Crippen molar-refractivity contribution in [3.8, 4) is 0 Å². The van der Waals surface area contributed by atoms with Gasteiger partial charge in [-0.1, -0.05) is 68.4 Å². The van der Waals surface area contributed by atoms with Gasteiger partial charge in [-0.3, -0.25) is 14.3 Å². The van der Waals surface area contributed by atoms with E-state index in [-0.39, 0.29) is 23.7 Å². The minimum absolute atomic E-state index is 0.0708. The van der Waals surface area contributed by atoms with Crippen LogP contribution in [0.3, 0.4) is 0 Å². The van der Waals surface area contributed by atoms with Crippen LogP contribution in [0.15, 0.2) is 22.2 Å². The highest BCUT2D eigenvalue weighted by Crippen LogP contribution is 2.41. The van der Waals surface area contributed by atoms with E-state index in [2.05, 4.69) is 78.9 Å². The van der Waals surface area contributed by atoms with Gasteiger partial charge in [-0.25, -0.2) is 9.36 Å². The molecule has 14 heteroatoms. The van der Waals surface area contributed by atoms with E-state index in [1.807, 2.05) is 0 Å². The zero-order valence-corrected chi connectivity index (χ0v) is 32.2. The number of H-pyrrole nitrogens is 1. The fourth-order valence-electron chi connectivity index (χ4n) is 6.94. The molecular formula is C31H59N5O6Si3. The molecule has 1 fully saturated rings. The van der Waals surface area contributed by atoms with Crippen LogP contribution in [0, 0.1) is 0 Å². The molecule has 4 atom stereocenters. The third kappa shape index (κ3) is 7.36. The molecule has 45 heavy (non-hydrogen) atoms. The molecule has 0 unspecified atom stereocenters. The molecule has 0 bridgehead atoms. The molecule has 3 heterocycles. The van der Waals surface area contributed by atoms with Crippen LogP contribution in [0.1, 0.15) is 68.5 Å². The SMILES string of the molecule is C=CCn1c(=O)n([C@@H]2O[C@H](CO[Si](CC)(CC)CC)[C@@H](O[Si](CC)(CC)CC)[C@@H]2O[Si](CC)(CC)CC)c2nc(N)[nH]c(=O)c21. The van der Waals surface area contributed by atoms with Crippen molar-refractivity contribution in [3.63, 3.8) is 0 Å². The number of nitrogens with one attached hydrogen (secondary N) is 1. The number of nitrogens with two attached hydrogens (primary N) is 1. The van der Waals surface area contributed by atoms with Crippen LogP contribution >= 0.6 is 0 Å². The lowest BCUT2D eigenvalue weighted by Crippen LogP contribution is -2.53. The Hall–Kier alpha value is -1.82. The van der Waals surface area contributed by atoms with Gasteiger partial charge in [0.1, 0.15) is 18.3 Å². The third-order valence-corrected chi connectivity index (χ3v) is 24.7. The quantitative estimate of drug-likeness (QED) is 0.129. The van der Waals surface area contributed by atoms with Gasteiger partial charge < -0.3 is 23.7 Å². The highest BCUT2D eigenvalue weighted by atomic mass is 28.4. The van der Waals surface area contributed by atoms with Crippen LogP contribution in [0.5, 0.6) is 0 Å². The fraction of sp³-hybridized carbons (Fsp3) is 0.774. The predicted octanol–water partition coefficient (Wildman–Crippen LogP) is 6.35. The molecule has 0 radical (unpaired) electrons. The van der Waals surface area contributed by atoms with Gasteiger partial charge in [0.05, 0.1) is 6.61 Å². The van der Waals surface area contributed by atoms with Crippen molar-refractivity contribution >= 4 is 42.1 Å². The Labute approximate surface area is 272 Å². The van der Waals surface area contributed by atoms with Crippen LogP contribution < -0.4 is 17.0 Å². The zero-order chi connectivity index (χ0) is 33.6. The lowest BCUT2D eigenvalue weighted by molar-refractivity contribution is -0.0482. The van der Waals surface area contributed by atoms with Crippen molar-refractivity contribution in [2.75, 3.05) is 12.3 Å². The number of hydrogen-bond donors (Lipinski definition) is 2. The maximum absolute atomic E-state index is 14.2. The summed E-state index contributed by atoms with van der Waals surface area (Å²) < 4.78 is 31.3. The standard InChI is InChI=1S/C31H59N5O6Si3/c1-11-21-35-24-27(33-30(32)34-28(24)37)36(31(35)38)29-26(42-45(18-8,19-9)20-10)25(41-44(15-5,16-6)17-7)23(40-29)22-39-43(12-2,13-3)14-4/h11,23,25-26,29H,1,12-22H2,2-10H3,(H3,32,33,34,37)/t23-,25-,26+,29-/m1/s1. The van der Waals surface area contributed by atoms with Crippen molar-refractivity contribution in [1.29, 1.82) is 0 Å². The average molecular weight is 682 g/mol. The monoisotopic (exact) mass is 681 g/mol. The third-order valence-electron chi connectivity index (χ3n) is 10.8. The number of nitrogens with zero attached hydrogens (tertiary/aromatic N) is 3. The summed E-state index contributed by atoms with van der Waals surface area (Å²) in [5, 5.41) is 0. The maximum Gasteiger partial charge on any atom is 0.333 e. The first-order chi connectivity index (χ1) is 21.5. The largest absolute Gasteiger partial charge is 0.414 e. The summed E-state index contributed by atoms with van der Waals surface area (Å²) in [5.41, 5.74) is 5.44. The minimum Gasteiger partial charge on any atom is -0.414 e. The lowest BCUT2D eigenvalue weighted by Gasteiger charge is -2.40. The van der Waals surface area contributed by atoms with Crippen molar-refractivity contribution in [2.45, 2.75) is 148 Å². The Morgan fingerprint density at radius 2 is 1.33 bits per heavy atom. The van der Waals surface area contributed by atoms with Gasteiger partial charge in [0.25, 0.3) is 5.56 Å². The van der Waals surface area contributed by atoms with Crippen LogP contribution in [0.2, 0.25) is 54.4 Å². The topological polar surface area (TPSA) is 136 Å². The summed E-state index contributed by atoms with van der Waals surface area (Å²) in [6.45, 7) is 24.2. The molecule has 3 N–H and O–H groups in total. The number of anilines is 1. The Morgan fingerprint density at radius 1 is 0.844 bits per heavy atom. The molecule has 0 spiro atoms.